The van der Waals surface area contributed by atoms with Gasteiger partial charge in [-0.2, -0.15) is 0 Å². The molecule has 0 heterocycles. The van der Waals surface area contributed by atoms with Gasteiger partial charge in [-0.05, 0) is 38.5 Å². The van der Waals surface area contributed by atoms with E-state index in [1.165, 1.54) is 12.8 Å². The lowest BCUT2D eigenvalue weighted by atomic mass is 9.77. The molecule has 1 aliphatic rings. The largest absolute Gasteiger partial charge is 0.382 e. The molecule has 1 rings (SSSR count). The fourth-order valence-corrected chi connectivity index (χ4v) is 2.73. The number of hydrogen-bond acceptors (Lipinski definition) is 2. The average Bonchev–Trinajstić information content (AvgIpc) is 2.29. The fourth-order valence-electron chi connectivity index (χ4n) is 2.73. The number of carbonyl (C=O) groups excluding carboxylic acids is 1. The summed E-state index contributed by atoms with van der Waals surface area (Å²) in [6, 6.07) is 0. The molecule has 2 heteroatoms. The minimum atomic E-state index is 0.339. The summed E-state index contributed by atoms with van der Waals surface area (Å²) in [7, 11) is 0. The van der Waals surface area contributed by atoms with E-state index in [-0.39, 0.29) is 0 Å². The minimum Gasteiger partial charge on any atom is -0.382 e. The van der Waals surface area contributed by atoms with Crippen LogP contribution < -0.4 is 0 Å². The second-order valence-electron chi connectivity index (χ2n) is 4.93. The number of Topliss-reactive ketones (excluding diaryl/α,β-unsaturated/α-hetero) is 1. The van der Waals surface area contributed by atoms with Crippen LogP contribution in [0.4, 0.5) is 0 Å². The lowest BCUT2D eigenvalue weighted by molar-refractivity contribution is -0.126. The first-order valence-corrected chi connectivity index (χ1v) is 6.88. The predicted molar refractivity (Wildman–Crippen MR) is 66.5 cm³/mol. The quantitative estimate of drug-likeness (QED) is 0.620. The van der Waals surface area contributed by atoms with E-state index < -0.39 is 0 Å². The van der Waals surface area contributed by atoms with Gasteiger partial charge in [-0.25, -0.2) is 0 Å². The van der Waals surface area contributed by atoms with Gasteiger partial charge in [0.2, 0.25) is 0 Å². The van der Waals surface area contributed by atoms with Crippen molar-refractivity contribution < 1.29 is 9.53 Å². The van der Waals surface area contributed by atoms with Crippen LogP contribution in [0.25, 0.3) is 0 Å². The highest BCUT2D eigenvalue weighted by atomic mass is 16.5. The number of rotatable bonds is 7. The van der Waals surface area contributed by atoms with E-state index >= 15 is 0 Å². The summed E-state index contributed by atoms with van der Waals surface area (Å²) < 4.78 is 5.32. The average molecular weight is 226 g/mol. The van der Waals surface area contributed by atoms with Crippen molar-refractivity contribution in [1.82, 2.24) is 0 Å². The second kappa shape index (κ2) is 7.83. The monoisotopic (exact) mass is 226 g/mol. The highest BCUT2D eigenvalue weighted by Gasteiger charge is 2.27. The summed E-state index contributed by atoms with van der Waals surface area (Å²) in [5, 5.41) is 0. The molecule has 16 heavy (non-hydrogen) atoms. The Labute approximate surface area is 99.8 Å². The van der Waals surface area contributed by atoms with E-state index in [1.54, 1.807) is 0 Å². The molecule has 2 atom stereocenters. The number of ether oxygens (including phenoxy) is 1. The van der Waals surface area contributed by atoms with Crippen LogP contribution in [-0.4, -0.2) is 19.0 Å². The Bertz CT molecular complexity index is 201. The van der Waals surface area contributed by atoms with E-state index in [4.69, 9.17) is 4.74 Å². The Morgan fingerprint density at radius 2 is 2.12 bits per heavy atom. The third-order valence-electron chi connectivity index (χ3n) is 3.61. The van der Waals surface area contributed by atoms with Crippen LogP contribution in [0, 0.1) is 11.8 Å². The maximum Gasteiger partial charge on any atom is 0.135 e. The molecule has 0 aromatic heterocycles. The maximum atomic E-state index is 11.8. The van der Waals surface area contributed by atoms with Crippen molar-refractivity contribution in [3.05, 3.63) is 0 Å². The first kappa shape index (κ1) is 13.7. The van der Waals surface area contributed by atoms with Crippen LogP contribution in [0.5, 0.6) is 0 Å². The summed E-state index contributed by atoms with van der Waals surface area (Å²) >= 11 is 0. The van der Waals surface area contributed by atoms with Gasteiger partial charge in [0, 0.05) is 25.6 Å². The molecule has 0 saturated heterocycles. The van der Waals surface area contributed by atoms with E-state index in [9.17, 15) is 4.79 Å². The number of carbonyl (C=O) groups is 1. The summed E-state index contributed by atoms with van der Waals surface area (Å²) in [5.41, 5.74) is 0. The summed E-state index contributed by atoms with van der Waals surface area (Å²) in [5.74, 6) is 1.65. The molecule has 1 saturated carbocycles. The van der Waals surface area contributed by atoms with Crippen molar-refractivity contribution in [2.24, 2.45) is 11.8 Å². The third kappa shape index (κ3) is 4.65. The van der Waals surface area contributed by atoms with E-state index in [0.717, 1.165) is 51.2 Å². The van der Waals surface area contributed by atoms with Gasteiger partial charge in [0.05, 0.1) is 0 Å². The van der Waals surface area contributed by atoms with Crippen LogP contribution in [0.15, 0.2) is 0 Å². The molecule has 2 nitrogen and oxygen atoms in total. The summed E-state index contributed by atoms with van der Waals surface area (Å²) in [4.78, 5) is 11.8. The highest BCUT2D eigenvalue weighted by Crippen LogP contribution is 2.32. The van der Waals surface area contributed by atoms with Crippen molar-refractivity contribution in [3.8, 4) is 0 Å². The van der Waals surface area contributed by atoms with E-state index in [1.807, 2.05) is 6.92 Å². The topological polar surface area (TPSA) is 26.3 Å². The molecular formula is C14H26O2. The van der Waals surface area contributed by atoms with Gasteiger partial charge in [-0.3, -0.25) is 4.79 Å². The van der Waals surface area contributed by atoms with Gasteiger partial charge in [0.25, 0.3) is 0 Å². The van der Waals surface area contributed by atoms with Crippen molar-refractivity contribution >= 4 is 5.78 Å². The summed E-state index contributed by atoms with van der Waals surface area (Å²) in [6.45, 7) is 5.86. The zero-order valence-electron chi connectivity index (χ0n) is 10.8. The lowest BCUT2D eigenvalue weighted by Crippen LogP contribution is -2.25. The molecule has 1 fully saturated rings. The molecule has 0 spiro atoms. The molecule has 94 valence electrons. The molecule has 0 aromatic carbocycles. The first-order valence-electron chi connectivity index (χ1n) is 6.88. The Hall–Kier alpha value is -0.370. The van der Waals surface area contributed by atoms with Gasteiger partial charge in [-0.1, -0.05) is 19.8 Å². The van der Waals surface area contributed by atoms with Crippen LogP contribution in [0.3, 0.4) is 0 Å². The summed E-state index contributed by atoms with van der Waals surface area (Å²) in [6.07, 6.45) is 7.74. The highest BCUT2D eigenvalue weighted by molar-refractivity contribution is 5.81. The van der Waals surface area contributed by atoms with Gasteiger partial charge < -0.3 is 4.74 Å². The van der Waals surface area contributed by atoms with E-state index in [0.29, 0.717) is 11.7 Å². The minimum absolute atomic E-state index is 0.339. The molecule has 1 aliphatic carbocycles. The Balaban J connectivity index is 2.23. The molecule has 0 aliphatic heterocycles. The van der Waals surface area contributed by atoms with Crippen LogP contribution >= 0.6 is 0 Å². The molecule has 0 aromatic rings. The zero-order chi connectivity index (χ0) is 11.8. The molecule has 0 bridgehead atoms. The second-order valence-corrected chi connectivity index (χ2v) is 4.93. The van der Waals surface area contributed by atoms with Gasteiger partial charge in [0.1, 0.15) is 5.78 Å². The van der Waals surface area contributed by atoms with Crippen molar-refractivity contribution in [3.63, 3.8) is 0 Å². The van der Waals surface area contributed by atoms with Crippen LogP contribution in [0.1, 0.15) is 58.8 Å². The number of ketones is 1. The molecule has 2 unspecified atom stereocenters. The Morgan fingerprint density at radius 3 is 2.81 bits per heavy atom. The van der Waals surface area contributed by atoms with Crippen LogP contribution in [-0.2, 0) is 9.53 Å². The standard InChI is InChI=1S/C14H26O2/c1-3-6-12-8-9-14(15)13(11-12)7-5-10-16-4-2/h12-13H,3-11H2,1-2H3. The van der Waals surface area contributed by atoms with Crippen molar-refractivity contribution in [2.45, 2.75) is 58.8 Å². The zero-order valence-corrected chi connectivity index (χ0v) is 10.8. The smallest absolute Gasteiger partial charge is 0.135 e. The normalized spacial score (nSPS) is 26.0. The molecular weight excluding hydrogens is 200 g/mol. The first-order chi connectivity index (χ1) is 7.77. The maximum absolute atomic E-state index is 11.8. The predicted octanol–water partition coefficient (Wildman–Crippen LogP) is 3.59. The Kier molecular flexibility index (Phi) is 6.70. The van der Waals surface area contributed by atoms with Crippen LogP contribution in [0.2, 0.25) is 0 Å². The fraction of sp³-hybridized carbons (Fsp3) is 0.929. The molecule has 0 radical (unpaired) electrons. The van der Waals surface area contributed by atoms with Crippen molar-refractivity contribution in [2.75, 3.05) is 13.2 Å². The number of hydrogen-bond donors (Lipinski definition) is 0. The van der Waals surface area contributed by atoms with Gasteiger partial charge >= 0.3 is 0 Å². The van der Waals surface area contributed by atoms with E-state index in [2.05, 4.69) is 6.92 Å². The molecule has 0 amide bonds. The lowest BCUT2D eigenvalue weighted by Gasteiger charge is -2.27. The van der Waals surface area contributed by atoms with Crippen molar-refractivity contribution in [1.29, 1.82) is 0 Å². The third-order valence-corrected chi connectivity index (χ3v) is 3.61. The van der Waals surface area contributed by atoms with Gasteiger partial charge in [-0.15, -0.1) is 0 Å². The Morgan fingerprint density at radius 1 is 1.31 bits per heavy atom. The molecule has 0 N–H and O–H groups in total. The SMILES string of the molecule is CCCC1CCC(=O)C(CCCOCC)C1. The van der Waals surface area contributed by atoms with Gasteiger partial charge in [0.15, 0.2) is 0 Å².